The van der Waals surface area contributed by atoms with E-state index in [0.29, 0.717) is 33.3 Å². The fourth-order valence-corrected chi connectivity index (χ4v) is 4.05. The molecule has 0 aliphatic heterocycles. The van der Waals surface area contributed by atoms with E-state index in [1.54, 1.807) is 25.2 Å². The third kappa shape index (κ3) is 4.02. The first-order chi connectivity index (χ1) is 16.7. The van der Waals surface area contributed by atoms with Gasteiger partial charge in [-0.2, -0.15) is 28.6 Å². The lowest BCUT2D eigenvalue weighted by molar-refractivity contribution is -0.137. The molecule has 0 bridgehead atoms. The van der Waals surface area contributed by atoms with Gasteiger partial charge >= 0.3 is 6.18 Å². The first-order valence-electron chi connectivity index (χ1n) is 10.8. The van der Waals surface area contributed by atoms with E-state index in [2.05, 4.69) is 15.3 Å². The van der Waals surface area contributed by atoms with Crippen LogP contribution in [0.15, 0.2) is 41.3 Å². The van der Waals surface area contributed by atoms with Gasteiger partial charge in [0.1, 0.15) is 17.4 Å². The molecule has 11 heteroatoms. The van der Waals surface area contributed by atoms with Gasteiger partial charge in [-0.15, -0.1) is 0 Å². The highest BCUT2D eigenvalue weighted by Crippen LogP contribution is 2.43. The number of H-pyrrole nitrogens is 1. The number of aryl methyl sites for hydroxylation is 1. The zero-order valence-corrected chi connectivity index (χ0v) is 18.5. The molecule has 5 rings (SSSR count). The standard InChI is InChI=1S/C24H19F3N6O2/c1-33-22(17-7-13(24(25,26)27)8-21(18(17)9-28)35-14-3-4-14)19(11-30-33)12-2-5-15-16(6-12)20(10-29)31-32-23(15)34/h2,5-8,11,14H,3-4,10,29H2,1H3,(H,32,34). The summed E-state index contributed by atoms with van der Waals surface area (Å²) in [6.45, 7) is 0.0741. The molecule has 0 atom stereocenters. The predicted molar refractivity (Wildman–Crippen MR) is 121 cm³/mol. The summed E-state index contributed by atoms with van der Waals surface area (Å²) in [4.78, 5) is 12.2. The molecule has 0 saturated heterocycles. The molecule has 1 saturated carbocycles. The van der Waals surface area contributed by atoms with Crippen LogP contribution in [0, 0.1) is 11.3 Å². The van der Waals surface area contributed by atoms with Crippen LogP contribution < -0.4 is 16.0 Å². The summed E-state index contributed by atoms with van der Waals surface area (Å²) in [5.74, 6) is -0.105. The molecule has 2 heterocycles. The van der Waals surface area contributed by atoms with Crippen molar-refractivity contribution in [3.63, 3.8) is 0 Å². The van der Waals surface area contributed by atoms with Gasteiger partial charge in [0.05, 0.1) is 34.6 Å². The number of nitrogens with one attached hydrogen (secondary N) is 1. The molecule has 1 fully saturated rings. The molecule has 4 aromatic rings. The van der Waals surface area contributed by atoms with Crippen LogP contribution in [0.3, 0.4) is 0 Å². The normalized spacial score (nSPS) is 13.7. The second-order valence-corrected chi connectivity index (χ2v) is 8.32. The van der Waals surface area contributed by atoms with Gasteiger partial charge in [0.15, 0.2) is 0 Å². The Bertz CT molecular complexity index is 1560. The van der Waals surface area contributed by atoms with Crippen LogP contribution in [-0.2, 0) is 19.8 Å². The van der Waals surface area contributed by atoms with Gasteiger partial charge in [0.25, 0.3) is 5.56 Å². The fourth-order valence-electron chi connectivity index (χ4n) is 4.05. The summed E-state index contributed by atoms with van der Waals surface area (Å²) in [7, 11) is 1.58. The molecule has 1 aliphatic rings. The first-order valence-corrected chi connectivity index (χ1v) is 10.8. The van der Waals surface area contributed by atoms with E-state index in [0.717, 1.165) is 25.0 Å². The Morgan fingerprint density at radius 3 is 2.66 bits per heavy atom. The van der Waals surface area contributed by atoms with Crippen LogP contribution in [0.2, 0.25) is 0 Å². The molecule has 0 radical (unpaired) electrons. The maximum atomic E-state index is 13.8. The number of hydrogen-bond acceptors (Lipinski definition) is 6. The summed E-state index contributed by atoms with van der Waals surface area (Å²) >= 11 is 0. The van der Waals surface area contributed by atoms with Gasteiger partial charge in [0.2, 0.25) is 0 Å². The minimum Gasteiger partial charge on any atom is -0.489 e. The van der Waals surface area contributed by atoms with Crippen molar-refractivity contribution in [2.45, 2.75) is 31.7 Å². The number of alkyl halides is 3. The van der Waals surface area contributed by atoms with Gasteiger partial charge in [-0.1, -0.05) is 6.07 Å². The van der Waals surface area contributed by atoms with Crippen molar-refractivity contribution in [3.05, 3.63) is 63.7 Å². The van der Waals surface area contributed by atoms with Crippen LogP contribution in [0.5, 0.6) is 5.75 Å². The molecule has 2 aromatic heterocycles. The van der Waals surface area contributed by atoms with Gasteiger partial charge in [-0.05, 0) is 42.7 Å². The number of nitriles is 1. The molecule has 1 aliphatic carbocycles. The largest absolute Gasteiger partial charge is 0.489 e. The third-order valence-corrected chi connectivity index (χ3v) is 5.93. The summed E-state index contributed by atoms with van der Waals surface area (Å²) in [6.07, 6.45) is -1.90. The SMILES string of the molecule is Cn1ncc(-c2ccc3c(=O)[nH]nc(CN)c3c2)c1-c1cc(C(F)(F)F)cc(OC2CC2)c1C#N. The van der Waals surface area contributed by atoms with E-state index in [-0.39, 0.29) is 35.1 Å². The average molecular weight is 480 g/mol. The molecular weight excluding hydrogens is 461 g/mol. The molecular formula is C24H19F3N6O2. The van der Waals surface area contributed by atoms with Crippen LogP contribution in [0.4, 0.5) is 13.2 Å². The topological polar surface area (TPSA) is 123 Å². The van der Waals surface area contributed by atoms with E-state index in [9.17, 15) is 23.2 Å². The molecule has 2 aromatic carbocycles. The zero-order valence-electron chi connectivity index (χ0n) is 18.5. The molecule has 178 valence electrons. The van der Waals surface area contributed by atoms with Crippen LogP contribution >= 0.6 is 0 Å². The summed E-state index contributed by atoms with van der Waals surface area (Å²) in [5.41, 5.74) is 6.34. The molecule has 0 spiro atoms. The monoisotopic (exact) mass is 480 g/mol. The summed E-state index contributed by atoms with van der Waals surface area (Å²) in [5, 5.41) is 21.5. The van der Waals surface area contributed by atoms with Crippen molar-refractivity contribution in [1.82, 2.24) is 20.0 Å². The van der Waals surface area contributed by atoms with E-state index in [4.69, 9.17) is 10.5 Å². The van der Waals surface area contributed by atoms with Crippen LogP contribution in [0.1, 0.15) is 29.7 Å². The second kappa shape index (κ2) is 8.25. The van der Waals surface area contributed by atoms with Crippen molar-refractivity contribution >= 4 is 10.8 Å². The number of aromatic amines is 1. The van der Waals surface area contributed by atoms with E-state index in [1.165, 1.54) is 10.9 Å². The number of nitrogens with two attached hydrogens (primary N) is 1. The number of halogens is 3. The molecule has 0 unspecified atom stereocenters. The molecule has 35 heavy (non-hydrogen) atoms. The van der Waals surface area contributed by atoms with Crippen LogP contribution in [-0.4, -0.2) is 26.1 Å². The Morgan fingerprint density at radius 2 is 2.00 bits per heavy atom. The number of benzene rings is 2. The summed E-state index contributed by atoms with van der Waals surface area (Å²) < 4.78 is 48.5. The van der Waals surface area contributed by atoms with Crippen molar-refractivity contribution in [2.24, 2.45) is 12.8 Å². The molecule has 8 nitrogen and oxygen atoms in total. The smallest absolute Gasteiger partial charge is 0.416 e. The highest BCUT2D eigenvalue weighted by molar-refractivity contribution is 5.92. The Morgan fingerprint density at radius 1 is 1.23 bits per heavy atom. The van der Waals surface area contributed by atoms with Gasteiger partial charge < -0.3 is 10.5 Å². The minimum absolute atomic E-state index is 0.00343. The highest BCUT2D eigenvalue weighted by atomic mass is 19.4. The van der Waals surface area contributed by atoms with Gasteiger partial charge in [-0.3, -0.25) is 9.48 Å². The maximum Gasteiger partial charge on any atom is 0.416 e. The lowest BCUT2D eigenvalue weighted by atomic mass is 9.94. The lowest BCUT2D eigenvalue weighted by Gasteiger charge is -2.17. The Labute approximate surface area is 196 Å². The second-order valence-electron chi connectivity index (χ2n) is 8.32. The number of rotatable bonds is 5. The number of ether oxygens (including phenoxy) is 1. The van der Waals surface area contributed by atoms with Crippen LogP contribution in [0.25, 0.3) is 33.2 Å². The van der Waals surface area contributed by atoms with Crippen molar-refractivity contribution in [2.75, 3.05) is 0 Å². The average Bonchev–Trinajstić information content (AvgIpc) is 3.56. The lowest BCUT2D eigenvalue weighted by Crippen LogP contribution is -2.13. The van der Waals surface area contributed by atoms with Crippen molar-refractivity contribution in [1.29, 1.82) is 5.26 Å². The Balaban J connectivity index is 1.76. The maximum absolute atomic E-state index is 13.8. The number of nitrogens with zero attached hydrogens (tertiary/aromatic N) is 4. The quantitative estimate of drug-likeness (QED) is 0.447. The van der Waals surface area contributed by atoms with Crippen molar-refractivity contribution < 1.29 is 17.9 Å². The fraction of sp³-hybridized carbons (Fsp3) is 0.250. The number of aromatic nitrogens is 4. The zero-order chi connectivity index (χ0) is 24.9. The predicted octanol–water partition coefficient (Wildman–Crippen LogP) is 3.88. The number of fused-ring (bicyclic) bond motifs is 1. The molecule has 3 N–H and O–H groups in total. The van der Waals surface area contributed by atoms with E-state index < -0.39 is 11.7 Å². The number of hydrogen-bond donors (Lipinski definition) is 2. The van der Waals surface area contributed by atoms with Crippen molar-refractivity contribution in [3.8, 4) is 34.2 Å². The Hall–Kier alpha value is -4.17. The van der Waals surface area contributed by atoms with Gasteiger partial charge in [-0.25, -0.2) is 5.10 Å². The van der Waals surface area contributed by atoms with E-state index >= 15 is 0 Å². The minimum atomic E-state index is -4.64. The first kappa shape index (κ1) is 22.6. The Kier molecular flexibility index (Phi) is 5.33. The summed E-state index contributed by atoms with van der Waals surface area (Å²) in [6, 6.07) is 8.79. The van der Waals surface area contributed by atoms with E-state index in [1.807, 2.05) is 6.07 Å². The molecule has 0 amide bonds. The third-order valence-electron chi connectivity index (χ3n) is 5.93. The van der Waals surface area contributed by atoms with Gasteiger partial charge in [0, 0.05) is 30.1 Å². The highest BCUT2D eigenvalue weighted by Gasteiger charge is 2.35.